The van der Waals surface area contributed by atoms with E-state index in [1.807, 2.05) is 6.07 Å². The minimum atomic E-state index is -4.49. The third-order valence-corrected chi connectivity index (χ3v) is 6.07. The second-order valence-corrected chi connectivity index (χ2v) is 8.08. The molecule has 1 fully saturated rings. The zero-order valence-electron chi connectivity index (χ0n) is 17.7. The highest BCUT2D eigenvalue weighted by molar-refractivity contribution is 5.97. The number of anilines is 2. The number of benzene rings is 2. The Balaban J connectivity index is 1.73. The van der Waals surface area contributed by atoms with Gasteiger partial charge in [0.1, 0.15) is 0 Å². The van der Waals surface area contributed by atoms with Crippen LogP contribution in [0, 0.1) is 0 Å². The standard InChI is InChI=1S/C24H25F3N4O/c1-2-31-12-4-5-15(14-31)19-13-16(8-9-17(19)23(28)32)30-21-10-11-29-22-18(21)6-3-7-20(22)24(25,26)27/h3,6-11,13,15H,2,4-5,12,14H2,1H3,(H2,28,32)(H,29,30). The van der Waals surface area contributed by atoms with Gasteiger partial charge in [-0.3, -0.25) is 9.78 Å². The quantitative estimate of drug-likeness (QED) is 0.563. The molecule has 32 heavy (non-hydrogen) atoms. The van der Waals surface area contributed by atoms with Gasteiger partial charge in [0, 0.05) is 35.1 Å². The largest absolute Gasteiger partial charge is 0.418 e. The van der Waals surface area contributed by atoms with Gasteiger partial charge in [-0.25, -0.2) is 0 Å². The molecule has 0 saturated carbocycles. The van der Waals surface area contributed by atoms with Crippen LogP contribution in [0.3, 0.4) is 0 Å². The van der Waals surface area contributed by atoms with Crippen molar-refractivity contribution in [3.63, 3.8) is 0 Å². The lowest BCUT2D eigenvalue weighted by Crippen LogP contribution is -2.34. The number of para-hydroxylation sites is 1. The van der Waals surface area contributed by atoms with Crippen LogP contribution in [-0.2, 0) is 6.18 Å². The topological polar surface area (TPSA) is 71.2 Å². The maximum absolute atomic E-state index is 13.4. The smallest absolute Gasteiger partial charge is 0.366 e. The number of nitrogens with zero attached hydrogens (tertiary/aromatic N) is 2. The summed E-state index contributed by atoms with van der Waals surface area (Å²) in [5, 5.41) is 3.60. The summed E-state index contributed by atoms with van der Waals surface area (Å²) in [6.45, 7) is 4.92. The molecule has 168 valence electrons. The number of aromatic nitrogens is 1. The lowest BCUT2D eigenvalue weighted by atomic mass is 9.87. The van der Waals surface area contributed by atoms with Crippen molar-refractivity contribution >= 4 is 28.2 Å². The van der Waals surface area contributed by atoms with E-state index in [0.717, 1.165) is 44.1 Å². The van der Waals surface area contributed by atoms with Gasteiger partial charge >= 0.3 is 6.18 Å². The highest BCUT2D eigenvalue weighted by atomic mass is 19.4. The summed E-state index contributed by atoms with van der Waals surface area (Å²) >= 11 is 0. The Labute approximate surface area is 184 Å². The number of piperidine rings is 1. The Morgan fingerprint density at radius 1 is 1.25 bits per heavy atom. The number of carbonyl (C=O) groups excluding carboxylic acids is 1. The molecule has 4 rings (SSSR count). The van der Waals surface area contributed by atoms with Crippen molar-refractivity contribution in [1.29, 1.82) is 0 Å². The van der Waals surface area contributed by atoms with Crippen molar-refractivity contribution in [2.75, 3.05) is 25.0 Å². The number of nitrogens with one attached hydrogen (secondary N) is 1. The molecule has 1 aromatic heterocycles. The zero-order valence-corrected chi connectivity index (χ0v) is 17.7. The predicted octanol–water partition coefficient (Wildman–Crippen LogP) is 5.30. The lowest BCUT2D eigenvalue weighted by Gasteiger charge is -2.33. The summed E-state index contributed by atoms with van der Waals surface area (Å²) in [7, 11) is 0. The van der Waals surface area contributed by atoms with Crippen LogP contribution in [-0.4, -0.2) is 35.4 Å². The minimum absolute atomic E-state index is 0.107. The van der Waals surface area contributed by atoms with Gasteiger partial charge in [-0.2, -0.15) is 13.2 Å². The number of pyridine rings is 1. The number of carbonyl (C=O) groups is 1. The molecule has 5 nitrogen and oxygen atoms in total. The Morgan fingerprint density at radius 2 is 2.06 bits per heavy atom. The summed E-state index contributed by atoms with van der Waals surface area (Å²) < 4.78 is 40.2. The zero-order chi connectivity index (χ0) is 22.9. The van der Waals surface area contributed by atoms with Crippen LogP contribution in [0.5, 0.6) is 0 Å². The van der Waals surface area contributed by atoms with Crippen LogP contribution < -0.4 is 11.1 Å². The molecule has 3 N–H and O–H groups in total. The molecular weight excluding hydrogens is 417 g/mol. The molecule has 2 heterocycles. The first kappa shape index (κ1) is 22.1. The Kier molecular flexibility index (Phi) is 6.06. The number of likely N-dealkylation sites (tertiary alicyclic amines) is 1. The number of halogens is 3. The van der Waals surface area contributed by atoms with Crippen LogP contribution in [0.25, 0.3) is 10.9 Å². The number of primary amides is 1. The lowest BCUT2D eigenvalue weighted by molar-refractivity contribution is -0.136. The van der Waals surface area contributed by atoms with Gasteiger partial charge in [0.2, 0.25) is 5.91 Å². The SMILES string of the molecule is CCN1CCCC(c2cc(Nc3ccnc4c(C(F)(F)F)cccc34)ccc2C(N)=O)C1. The first-order valence-electron chi connectivity index (χ1n) is 10.7. The second-order valence-electron chi connectivity index (χ2n) is 8.08. The first-order chi connectivity index (χ1) is 15.3. The third kappa shape index (κ3) is 4.41. The normalized spacial score (nSPS) is 17.4. The summed E-state index contributed by atoms with van der Waals surface area (Å²) in [6.07, 6.45) is -1.15. The van der Waals surface area contributed by atoms with Gasteiger partial charge in [0.05, 0.1) is 11.1 Å². The van der Waals surface area contributed by atoms with Crippen molar-refractivity contribution in [3.8, 4) is 0 Å². The molecule has 3 aromatic rings. The molecule has 1 atom stereocenters. The van der Waals surface area contributed by atoms with E-state index in [4.69, 9.17) is 5.73 Å². The number of amides is 1. The summed E-state index contributed by atoms with van der Waals surface area (Å²) in [5.74, 6) is -0.316. The number of hydrogen-bond acceptors (Lipinski definition) is 4. The third-order valence-electron chi connectivity index (χ3n) is 6.07. The maximum Gasteiger partial charge on any atom is 0.418 e. The van der Waals surface area contributed by atoms with E-state index >= 15 is 0 Å². The van der Waals surface area contributed by atoms with Gasteiger partial charge < -0.3 is 16.0 Å². The second kappa shape index (κ2) is 8.78. The van der Waals surface area contributed by atoms with E-state index in [-0.39, 0.29) is 11.4 Å². The molecule has 1 unspecified atom stereocenters. The summed E-state index contributed by atoms with van der Waals surface area (Å²) in [5.41, 5.74) is 7.31. The number of rotatable bonds is 5. The fraction of sp³-hybridized carbons (Fsp3) is 0.333. The highest BCUT2D eigenvalue weighted by Crippen LogP contribution is 2.37. The molecule has 1 amide bonds. The van der Waals surface area contributed by atoms with E-state index < -0.39 is 17.6 Å². The fourth-order valence-electron chi connectivity index (χ4n) is 4.47. The van der Waals surface area contributed by atoms with Gasteiger partial charge in [-0.05, 0) is 67.7 Å². The number of hydrogen-bond donors (Lipinski definition) is 2. The van der Waals surface area contributed by atoms with Crippen molar-refractivity contribution in [2.45, 2.75) is 31.9 Å². The van der Waals surface area contributed by atoms with Crippen LogP contribution in [0.1, 0.15) is 47.2 Å². The van der Waals surface area contributed by atoms with Crippen LogP contribution in [0.2, 0.25) is 0 Å². The average molecular weight is 442 g/mol. The highest BCUT2D eigenvalue weighted by Gasteiger charge is 2.33. The Morgan fingerprint density at radius 3 is 2.78 bits per heavy atom. The molecule has 8 heteroatoms. The minimum Gasteiger partial charge on any atom is -0.366 e. The van der Waals surface area contributed by atoms with E-state index in [1.54, 1.807) is 24.3 Å². The van der Waals surface area contributed by atoms with Gasteiger partial charge in [-0.15, -0.1) is 0 Å². The molecule has 1 aliphatic heterocycles. The molecule has 0 radical (unpaired) electrons. The van der Waals surface area contributed by atoms with Gasteiger partial charge in [0.15, 0.2) is 0 Å². The first-order valence-corrected chi connectivity index (χ1v) is 10.7. The van der Waals surface area contributed by atoms with E-state index in [0.29, 0.717) is 22.3 Å². The van der Waals surface area contributed by atoms with Gasteiger partial charge in [-0.1, -0.05) is 19.1 Å². The predicted molar refractivity (Wildman–Crippen MR) is 119 cm³/mol. The molecule has 1 saturated heterocycles. The molecule has 0 spiro atoms. The molecular formula is C24H25F3N4O. The maximum atomic E-state index is 13.4. The monoisotopic (exact) mass is 442 g/mol. The number of fused-ring (bicyclic) bond motifs is 1. The number of nitrogens with two attached hydrogens (primary N) is 1. The Hall–Kier alpha value is -3.13. The van der Waals surface area contributed by atoms with E-state index in [9.17, 15) is 18.0 Å². The van der Waals surface area contributed by atoms with Crippen LogP contribution >= 0.6 is 0 Å². The Bertz CT molecular complexity index is 1150. The molecule has 2 aromatic carbocycles. The summed E-state index contributed by atoms with van der Waals surface area (Å²) in [4.78, 5) is 18.4. The number of alkyl halides is 3. The summed E-state index contributed by atoms with van der Waals surface area (Å²) in [6, 6.07) is 11.0. The van der Waals surface area contributed by atoms with E-state index in [2.05, 4.69) is 22.1 Å². The van der Waals surface area contributed by atoms with Crippen LogP contribution in [0.15, 0.2) is 48.7 Å². The molecule has 1 aliphatic rings. The molecule has 0 bridgehead atoms. The van der Waals surface area contributed by atoms with Crippen molar-refractivity contribution in [3.05, 3.63) is 65.4 Å². The van der Waals surface area contributed by atoms with Gasteiger partial charge in [0.25, 0.3) is 0 Å². The van der Waals surface area contributed by atoms with Crippen molar-refractivity contribution < 1.29 is 18.0 Å². The van der Waals surface area contributed by atoms with Crippen molar-refractivity contribution in [1.82, 2.24) is 9.88 Å². The number of likely N-dealkylation sites (N-methyl/N-ethyl adjacent to an activating group) is 1. The van der Waals surface area contributed by atoms with E-state index in [1.165, 1.54) is 12.3 Å². The van der Waals surface area contributed by atoms with Crippen molar-refractivity contribution in [2.24, 2.45) is 5.73 Å². The fourth-order valence-corrected chi connectivity index (χ4v) is 4.47. The molecule has 0 aliphatic carbocycles. The van der Waals surface area contributed by atoms with Crippen LogP contribution in [0.4, 0.5) is 24.5 Å². The average Bonchev–Trinajstić information content (AvgIpc) is 2.78.